The van der Waals surface area contributed by atoms with Gasteiger partial charge >= 0.3 is 0 Å². The zero-order valence-electron chi connectivity index (χ0n) is 15.2. The summed E-state index contributed by atoms with van der Waals surface area (Å²) >= 11 is 0. The van der Waals surface area contributed by atoms with Crippen LogP contribution in [0.5, 0.6) is 5.75 Å². The molecule has 8 heteroatoms. The van der Waals surface area contributed by atoms with Crippen LogP contribution in [-0.2, 0) is 11.2 Å². The number of hydrogen-bond donors (Lipinski definition) is 2. The molecule has 0 aliphatic carbocycles. The topological polar surface area (TPSA) is 93.9 Å². The van der Waals surface area contributed by atoms with Crippen LogP contribution >= 0.6 is 0 Å². The molecule has 3 heterocycles. The molecular formula is C21H16F2N4O2. The number of nitrogens with one attached hydrogen (secondary N) is 1. The average molecular weight is 394 g/mol. The second-order valence-electron chi connectivity index (χ2n) is 6.45. The van der Waals surface area contributed by atoms with Crippen LogP contribution in [0.4, 0.5) is 8.78 Å². The molecule has 0 unspecified atom stereocenters. The van der Waals surface area contributed by atoms with E-state index in [2.05, 4.69) is 15.0 Å². The third-order valence-electron chi connectivity index (χ3n) is 4.50. The van der Waals surface area contributed by atoms with Gasteiger partial charge in [-0.05, 0) is 29.8 Å². The number of halogens is 2. The molecule has 0 radical (unpaired) electrons. The summed E-state index contributed by atoms with van der Waals surface area (Å²) in [6, 6.07) is 7.85. The van der Waals surface area contributed by atoms with Crippen molar-refractivity contribution in [2.45, 2.75) is 6.42 Å². The summed E-state index contributed by atoms with van der Waals surface area (Å²) in [7, 11) is 0. The Morgan fingerprint density at radius 2 is 2.03 bits per heavy atom. The molecule has 0 saturated heterocycles. The Balaban J connectivity index is 1.71. The van der Waals surface area contributed by atoms with E-state index in [4.69, 9.17) is 10.5 Å². The minimum absolute atomic E-state index is 0.0242. The zero-order valence-corrected chi connectivity index (χ0v) is 15.2. The highest BCUT2D eigenvalue weighted by Crippen LogP contribution is 2.29. The second-order valence-corrected chi connectivity index (χ2v) is 6.45. The fraction of sp³-hybridized carbons (Fsp3) is 0.0952. The van der Waals surface area contributed by atoms with E-state index in [-0.39, 0.29) is 17.7 Å². The van der Waals surface area contributed by atoms with Gasteiger partial charge in [0.25, 0.3) is 5.91 Å². The average Bonchev–Trinajstić information content (AvgIpc) is 3.13. The van der Waals surface area contributed by atoms with Gasteiger partial charge in [0.05, 0.1) is 0 Å². The van der Waals surface area contributed by atoms with Crippen molar-refractivity contribution in [2.75, 3.05) is 6.61 Å². The second kappa shape index (κ2) is 7.67. The number of pyridine rings is 2. The number of aromatic nitrogens is 3. The molecule has 3 aromatic heterocycles. The Morgan fingerprint density at radius 3 is 2.79 bits per heavy atom. The Bertz CT molecular complexity index is 1190. The maximum Gasteiger partial charge on any atom is 0.255 e. The lowest BCUT2D eigenvalue weighted by Gasteiger charge is -2.10. The van der Waals surface area contributed by atoms with E-state index in [9.17, 15) is 13.6 Å². The number of amides is 1. The number of aromatic amines is 1. The predicted molar refractivity (Wildman–Crippen MR) is 103 cm³/mol. The van der Waals surface area contributed by atoms with Gasteiger partial charge in [-0.25, -0.2) is 13.8 Å². The number of nitrogens with two attached hydrogens (primary N) is 1. The van der Waals surface area contributed by atoms with E-state index in [1.54, 1.807) is 24.8 Å². The van der Waals surface area contributed by atoms with Crippen molar-refractivity contribution < 1.29 is 18.3 Å². The van der Waals surface area contributed by atoms with Crippen molar-refractivity contribution >= 4 is 16.9 Å². The summed E-state index contributed by atoms with van der Waals surface area (Å²) in [6.45, 7) is -0.493. The molecule has 146 valence electrons. The minimum Gasteiger partial charge on any atom is -0.481 e. The van der Waals surface area contributed by atoms with E-state index >= 15 is 0 Å². The first-order valence-corrected chi connectivity index (χ1v) is 8.77. The molecule has 4 aromatic rings. The number of H-pyrrole nitrogens is 1. The number of nitrogens with zero attached hydrogens (tertiary/aromatic N) is 2. The summed E-state index contributed by atoms with van der Waals surface area (Å²) in [5, 5.41) is 0.744. The number of rotatable bonds is 6. The maximum absolute atomic E-state index is 14.8. The number of ether oxygens (including phenoxy) is 1. The van der Waals surface area contributed by atoms with Crippen molar-refractivity contribution in [3.8, 4) is 16.9 Å². The third kappa shape index (κ3) is 3.77. The van der Waals surface area contributed by atoms with Gasteiger partial charge in [0.2, 0.25) is 0 Å². The Labute approximate surface area is 164 Å². The molecular weight excluding hydrogens is 378 g/mol. The molecule has 0 spiro atoms. The molecule has 0 saturated carbocycles. The molecule has 0 atom stereocenters. The predicted octanol–water partition coefficient (Wildman–Crippen LogP) is 3.36. The van der Waals surface area contributed by atoms with Crippen LogP contribution in [-0.4, -0.2) is 27.5 Å². The van der Waals surface area contributed by atoms with Crippen molar-refractivity contribution in [3.63, 3.8) is 0 Å². The molecule has 6 nitrogen and oxygen atoms in total. The summed E-state index contributed by atoms with van der Waals surface area (Å²) in [4.78, 5) is 22.4. The van der Waals surface area contributed by atoms with Crippen molar-refractivity contribution in [1.82, 2.24) is 15.0 Å². The molecule has 0 fully saturated rings. The third-order valence-corrected chi connectivity index (χ3v) is 4.50. The highest BCUT2D eigenvalue weighted by Gasteiger charge is 2.18. The van der Waals surface area contributed by atoms with Gasteiger partial charge in [-0.3, -0.25) is 9.78 Å². The molecule has 4 rings (SSSR count). The molecule has 3 N–H and O–H groups in total. The van der Waals surface area contributed by atoms with Crippen LogP contribution < -0.4 is 10.5 Å². The van der Waals surface area contributed by atoms with Gasteiger partial charge in [-0.1, -0.05) is 6.07 Å². The highest BCUT2D eigenvalue weighted by molar-refractivity contribution is 5.84. The highest BCUT2D eigenvalue weighted by atomic mass is 19.1. The van der Waals surface area contributed by atoms with E-state index in [0.717, 1.165) is 28.6 Å². The molecule has 0 aliphatic heterocycles. The number of benzene rings is 1. The molecule has 1 aromatic carbocycles. The van der Waals surface area contributed by atoms with Gasteiger partial charge in [-0.2, -0.15) is 0 Å². The quantitative estimate of drug-likeness (QED) is 0.524. The molecule has 29 heavy (non-hydrogen) atoms. The Morgan fingerprint density at radius 1 is 1.17 bits per heavy atom. The molecule has 0 bridgehead atoms. The SMILES string of the molecule is NC(=O)COc1ccc(F)c(Cc2c[nH]c3ncc(-c4cccnc4)cc23)c1F. The van der Waals surface area contributed by atoms with Gasteiger partial charge in [0.1, 0.15) is 11.5 Å². The monoisotopic (exact) mass is 394 g/mol. The van der Waals surface area contributed by atoms with Crippen molar-refractivity contribution in [1.29, 1.82) is 0 Å². The number of carbonyl (C=O) groups is 1. The zero-order chi connectivity index (χ0) is 20.4. The van der Waals surface area contributed by atoms with Crippen LogP contribution in [0.1, 0.15) is 11.1 Å². The van der Waals surface area contributed by atoms with E-state index < -0.39 is 24.1 Å². The smallest absolute Gasteiger partial charge is 0.255 e. The van der Waals surface area contributed by atoms with Crippen molar-refractivity contribution in [3.05, 3.63) is 77.9 Å². The van der Waals surface area contributed by atoms with Gasteiger partial charge in [0.15, 0.2) is 18.2 Å². The lowest BCUT2D eigenvalue weighted by atomic mass is 10.0. The summed E-state index contributed by atoms with van der Waals surface area (Å²) in [5.41, 5.74) is 7.85. The van der Waals surface area contributed by atoms with E-state index in [1.807, 2.05) is 18.2 Å². The number of carbonyl (C=O) groups excluding carboxylic acids is 1. The number of fused-ring (bicyclic) bond motifs is 1. The fourth-order valence-corrected chi connectivity index (χ4v) is 3.08. The standard InChI is InChI=1S/C21H16F2N4O2/c22-17-3-4-18(29-11-19(24)28)20(23)16(17)7-14-10-27-21-15(14)6-13(9-26-21)12-2-1-5-25-8-12/h1-6,8-10H,7,11H2,(H2,24,28)(H,26,27). The van der Waals surface area contributed by atoms with Crippen LogP contribution in [0, 0.1) is 11.6 Å². The number of primary amides is 1. The normalized spacial score (nSPS) is 11.0. The lowest BCUT2D eigenvalue weighted by molar-refractivity contribution is -0.120. The van der Waals surface area contributed by atoms with Gasteiger partial charge in [0, 0.05) is 53.3 Å². The van der Waals surface area contributed by atoms with Gasteiger partial charge in [-0.15, -0.1) is 0 Å². The van der Waals surface area contributed by atoms with Crippen molar-refractivity contribution in [2.24, 2.45) is 5.73 Å². The number of hydrogen-bond acceptors (Lipinski definition) is 4. The van der Waals surface area contributed by atoms with Crippen LogP contribution in [0.25, 0.3) is 22.2 Å². The maximum atomic E-state index is 14.8. The van der Waals surface area contributed by atoms with E-state index in [1.165, 1.54) is 0 Å². The van der Waals surface area contributed by atoms with Crippen LogP contribution in [0.3, 0.4) is 0 Å². The summed E-state index contributed by atoms with van der Waals surface area (Å²) in [5.74, 6) is -2.55. The first kappa shape index (κ1) is 18.5. The Hall–Kier alpha value is -3.81. The van der Waals surface area contributed by atoms with Crippen LogP contribution in [0.2, 0.25) is 0 Å². The first-order valence-electron chi connectivity index (χ1n) is 8.77. The summed E-state index contributed by atoms with van der Waals surface area (Å²) in [6.07, 6.45) is 6.74. The van der Waals surface area contributed by atoms with Gasteiger partial charge < -0.3 is 15.5 Å². The Kier molecular flexibility index (Phi) is 4.90. The first-order chi connectivity index (χ1) is 14.0. The van der Waals surface area contributed by atoms with Crippen LogP contribution in [0.15, 0.2) is 55.1 Å². The van der Waals surface area contributed by atoms with E-state index in [0.29, 0.717) is 11.2 Å². The largest absolute Gasteiger partial charge is 0.481 e. The minimum atomic E-state index is -0.864. The lowest BCUT2D eigenvalue weighted by Crippen LogP contribution is -2.20. The molecule has 1 amide bonds. The fourth-order valence-electron chi connectivity index (χ4n) is 3.08. The molecule has 0 aliphatic rings. The summed E-state index contributed by atoms with van der Waals surface area (Å²) < 4.78 is 34.1.